The fourth-order valence-corrected chi connectivity index (χ4v) is 2.34. The van der Waals surface area contributed by atoms with Crippen molar-refractivity contribution >= 4 is 23.7 Å². The molecule has 0 bridgehead atoms. The average Bonchev–Trinajstić information content (AvgIpc) is 3.09. The van der Waals surface area contributed by atoms with Crippen LogP contribution in [0.3, 0.4) is 0 Å². The molecule has 9 heteroatoms. The number of aromatic nitrogens is 3. The molecule has 3 amide bonds. The summed E-state index contributed by atoms with van der Waals surface area (Å²) in [6.45, 7) is 1.68. The smallest absolute Gasteiger partial charge is 0.321 e. The van der Waals surface area contributed by atoms with Crippen LogP contribution in [-0.2, 0) is 11.8 Å². The highest BCUT2D eigenvalue weighted by Gasteiger charge is 2.21. The van der Waals surface area contributed by atoms with Crippen LogP contribution in [0.1, 0.15) is 6.92 Å². The number of imide groups is 1. The summed E-state index contributed by atoms with van der Waals surface area (Å²) in [5, 5.41) is 12.7. The first kappa shape index (κ1) is 15.1. The Balaban J connectivity index is 2.07. The third-order valence-electron chi connectivity index (χ3n) is 2.69. The molecule has 0 aliphatic rings. The quantitative estimate of drug-likeness (QED) is 0.817. The lowest BCUT2D eigenvalue weighted by molar-refractivity contribution is -0.119. The first-order valence-corrected chi connectivity index (χ1v) is 7.03. The van der Waals surface area contributed by atoms with Crippen LogP contribution < -0.4 is 10.6 Å². The van der Waals surface area contributed by atoms with Gasteiger partial charge in [0.25, 0.3) is 0 Å². The number of rotatable bonds is 4. The summed E-state index contributed by atoms with van der Waals surface area (Å²) in [4.78, 5) is 22.9. The normalized spacial score (nSPS) is 12.0. The average molecular weight is 309 g/mol. The molecule has 0 aliphatic heterocycles. The monoisotopic (exact) mass is 309 g/mol. The number of nitrogens with zero attached hydrogens (tertiary/aromatic N) is 3. The minimum atomic E-state index is -0.540. The van der Waals surface area contributed by atoms with E-state index in [1.165, 1.54) is 18.8 Å². The first-order valence-electron chi connectivity index (χ1n) is 6.15. The van der Waals surface area contributed by atoms with Gasteiger partial charge in [-0.05, 0) is 19.1 Å². The minimum absolute atomic E-state index is 0.401. The van der Waals surface area contributed by atoms with E-state index in [1.807, 2.05) is 0 Å². The van der Waals surface area contributed by atoms with E-state index in [4.69, 9.17) is 4.42 Å². The van der Waals surface area contributed by atoms with Crippen LogP contribution in [-0.4, -0.2) is 39.0 Å². The minimum Gasteiger partial charge on any atom is -0.461 e. The van der Waals surface area contributed by atoms with Gasteiger partial charge in [0.05, 0.1) is 11.5 Å². The van der Waals surface area contributed by atoms with Gasteiger partial charge in [0, 0.05) is 14.1 Å². The molecule has 1 atom stereocenters. The summed E-state index contributed by atoms with van der Waals surface area (Å²) in [5.74, 6) is 0.766. The zero-order valence-electron chi connectivity index (χ0n) is 11.8. The molecule has 0 aromatic carbocycles. The Morgan fingerprint density at radius 2 is 2.19 bits per heavy atom. The van der Waals surface area contributed by atoms with Gasteiger partial charge in [-0.3, -0.25) is 10.1 Å². The molecule has 112 valence electrons. The Bertz CT molecular complexity index is 637. The van der Waals surface area contributed by atoms with Gasteiger partial charge in [0.15, 0.2) is 16.7 Å². The van der Waals surface area contributed by atoms with E-state index in [9.17, 15) is 9.59 Å². The van der Waals surface area contributed by atoms with E-state index in [2.05, 4.69) is 20.8 Å². The lowest BCUT2D eigenvalue weighted by Gasteiger charge is -2.10. The van der Waals surface area contributed by atoms with Gasteiger partial charge in [-0.1, -0.05) is 11.8 Å². The first-order chi connectivity index (χ1) is 10.0. The second-order valence-corrected chi connectivity index (χ2v) is 5.48. The Morgan fingerprint density at radius 1 is 1.43 bits per heavy atom. The predicted octanol–water partition coefficient (Wildman–Crippen LogP) is 1.01. The van der Waals surface area contributed by atoms with Crippen LogP contribution in [0.15, 0.2) is 28.0 Å². The number of hydrogen-bond acceptors (Lipinski definition) is 6. The molecule has 2 N–H and O–H groups in total. The topological polar surface area (TPSA) is 102 Å². The van der Waals surface area contributed by atoms with Crippen molar-refractivity contribution in [1.82, 2.24) is 25.4 Å². The number of hydrogen-bond donors (Lipinski definition) is 2. The van der Waals surface area contributed by atoms with Crippen molar-refractivity contribution in [3.8, 4) is 11.6 Å². The number of amides is 3. The molecule has 2 aromatic rings. The fourth-order valence-electron chi connectivity index (χ4n) is 1.53. The van der Waals surface area contributed by atoms with Gasteiger partial charge in [0.2, 0.25) is 5.91 Å². The van der Waals surface area contributed by atoms with Crippen LogP contribution in [0.4, 0.5) is 4.79 Å². The number of nitrogens with one attached hydrogen (secondary N) is 2. The standard InChI is InChI=1S/C12H15N5O3S/c1-7(10(18)14-11(19)13-2)21-12-16-15-9(17(12)3)8-5-4-6-20-8/h4-7H,1-3H3,(H2,13,14,18,19). The van der Waals surface area contributed by atoms with Crippen LogP contribution in [0, 0.1) is 0 Å². The molecule has 8 nitrogen and oxygen atoms in total. The summed E-state index contributed by atoms with van der Waals surface area (Å²) in [7, 11) is 3.22. The molecular formula is C12H15N5O3S. The fraction of sp³-hybridized carbons (Fsp3) is 0.333. The van der Waals surface area contributed by atoms with Crippen LogP contribution in [0.2, 0.25) is 0 Å². The van der Waals surface area contributed by atoms with E-state index in [-0.39, 0.29) is 0 Å². The predicted molar refractivity (Wildman–Crippen MR) is 76.6 cm³/mol. The molecular weight excluding hydrogens is 294 g/mol. The summed E-state index contributed by atoms with van der Waals surface area (Å²) < 4.78 is 7.00. The second-order valence-electron chi connectivity index (χ2n) is 4.17. The molecule has 2 aromatic heterocycles. The summed E-state index contributed by atoms with van der Waals surface area (Å²) in [6.07, 6.45) is 1.55. The lowest BCUT2D eigenvalue weighted by Crippen LogP contribution is -2.41. The summed E-state index contributed by atoms with van der Waals surface area (Å²) >= 11 is 1.20. The maximum absolute atomic E-state index is 11.8. The van der Waals surface area contributed by atoms with Crippen molar-refractivity contribution in [1.29, 1.82) is 0 Å². The number of thioether (sulfide) groups is 1. The molecule has 21 heavy (non-hydrogen) atoms. The largest absolute Gasteiger partial charge is 0.461 e. The number of furan rings is 1. The van der Waals surface area contributed by atoms with E-state index >= 15 is 0 Å². The highest BCUT2D eigenvalue weighted by Crippen LogP contribution is 2.25. The van der Waals surface area contributed by atoms with E-state index in [0.717, 1.165) is 0 Å². The Morgan fingerprint density at radius 3 is 2.81 bits per heavy atom. The van der Waals surface area contributed by atoms with Crippen LogP contribution >= 0.6 is 11.8 Å². The van der Waals surface area contributed by atoms with Crippen molar-refractivity contribution in [2.45, 2.75) is 17.3 Å². The molecule has 0 aliphatic carbocycles. The molecule has 2 rings (SSSR count). The summed E-state index contributed by atoms with van der Waals surface area (Å²) in [6, 6.07) is 3.00. The highest BCUT2D eigenvalue weighted by atomic mass is 32.2. The van der Waals surface area contributed by atoms with Crippen molar-refractivity contribution in [2.24, 2.45) is 7.05 Å². The number of urea groups is 1. The van der Waals surface area contributed by atoms with Crippen molar-refractivity contribution in [3.63, 3.8) is 0 Å². The van der Waals surface area contributed by atoms with Gasteiger partial charge in [-0.2, -0.15) is 0 Å². The molecule has 0 saturated heterocycles. The van der Waals surface area contributed by atoms with Crippen molar-refractivity contribution in [3.05, 3.63) is 18.4 Å². The molecule has 0 saturated carbocycles. The Hall–Kier alpha value is -2.29. The van der Waals surface area contributed by atoms with Gasteiger partial charge >= 0.3 is 6.03 Å². The van der Waals surface area contributed by atoms with Crippen molar-refractivity contribution < 1.29 is 14.0 Å². The van der Waals surface area contributed by atoms with E-state index < -0.39 is 17.2 Å². The third kappa shape index (κ3) is 3.43. The number of carbonyl (C=O) groups is 2. The van der Waals surface area contributed by atoms with Gasteiger partial charge < -0.3 is 14.3 Å². The maximum atomic E-state index is 11.8. The Kier molecular flexibility index (Phi) is 4.63. The lowest BCUT2D eigenvalue weighted by atomic mass is 10.4. The van der Waals surface area contributed by atoms with Gasteiger partial charge in [-0.15, -0.1) is 10.2 Å². The van der Waals surface area contributed by atoms with E-state index in [1.54, 1.807) is 36.9 Å². The van der Waals surface area contributed by atoms with Crippen LogP contribution in [0.25, 0.3) is 11.6 Å². The SMILES string of the molecule is CNC(=O)NC(=O)C(C)Sc1nnc(-c2ccco2)n1C. The zero-order chi connectivity index (χ0) is 15.4. The maximum Gasteiger partial charge on any atom is 0.321 e. The van der Waals surface area contributed by atoms with Crippen molar-refractivity contribution in [2.75, 3.05) is 7.05 Å². The molecule has 1 unspecified atom stereocenters. The van der Waals surface area contributed by atoms with Crippen LogP contribution in [0.5, 0.6) is 0 Å². The molecule has 0 spiro atoms. The van der Waals surface area contributed by atoms with E-state index in [0.29, 0.717) is 16.7 Å². The Labute approximate surface area is 125 Å². The highest BCUT2D eigenvalue weighted by molar-refractivity contribution is 8.00. The number of carbonyl (C=O) groups excluding carboxylic acids is 2. The molecule has 2 heterocycles. The van der Waals surface area contributed by atoms with Gasteiger partial charge in [0.1, 0.15) is 0 Å². The second kappa shape index (κ2) is 6.44. The molecule has 0 fully saturated rings. The zero-order valence-corrected chi connectivity index (χ0v) is 12.6. The third-order valence-corrected chi connectivity index (χ3v) is 3.83. The molecule has 0 radical (unpaired) electrons. The summed E-state index contributed by atoms with van der Waals surface area (Å²) in [5.41, 5.74) is 0. The van der Waals surface area contributed by atoms with Gasteiger partial charge in [-0.25, -0.2) is 4.79 Å².